The Morgan fingerprint density at radius 3 is 2.68 bits per heavy atom. The van der Waals surface area contributed by atoms with E-state index in [1.807, 2.05) is 26.8 Å². The van der Waals surface area contributed by atoms with Crippen molar-refractivity contribution in [1.82, 2.24) is 0 Å². The zero-order valence-corrected chi connectivity index (χ0v) is 18.3. The lowest BCUT2D eigenvalue weighted by Crippen LogP contribution is -2.54. The predicted octanol–water partition coefficient (Wildman–Crippen LogP) is 3.76. The van der Waals surface area contributed by atoms with Crippen molar-refractivity contribution >= 4 is 23.0 Å². The number of fused-ring (bicyclic) bond motifs is 2. The molecule has 1 unspecified atom stereocenters. The first kappa shape index (κ1) is 19.6. The molecular formula is C25H25N3O3. The van der Waals surface area contributed by atoms with Gasteiger partial charge in [0.05, 0.1) is 16.8 Å². The van der Waals surface area contributed by atoms with Crippen LogP contribution in [0.25, 0.3) is 5.57 Å². The van der Waals surface area contributed by atoms with Crippen LogP contribution >= 0.6 is 0 Å². The second-order valence-corrected chi connectivity index (χ2v) is 9.29. The van der Waals surface area contributed by atoms with Crippen LogP contribution in [-0.2, 0) is 26.2 Å². The highest BCUT2D eigenvalue weighted by molar-refractivity contribution is 6.22. The number of amides is 1. The van der Waals surface area contributed by atoms with Crippen LogP contribution in [0, 0.1) is 11.3 Å². The quantitative estimate of drug-likeness (QED) is 0.753. The summed E-state index contributed by atoms with van der Waals surface area (Å²) >= 11 is 0. The lowest BCUT2D eigenvalue weighted by Gasteiger charge is -2.41. The first-order chi connectivity index (χ1) is 14.7. The maximum absolute atomic E-state index is 14.4. The number of aryl methyl sites for hydroxylation is 1. The SMILES string of the molecule is CCc1cc2c3c(c1)C1(C(=O)N3C(C)(C)C=C2C)C(C#N)=C(N)OC2=C1C(=O)CCC2. The molecule has 3 heterocycles. The molecule has 0 saturated heterocycles. The van der Waals surface area contributed by atoms with Gasteiger partial charge in [0.25, 0.3) is 0 Å². The molecule has 31 heavy (non-hydrogen) atoms. The van der Waals surface area contributed by atoms with E-state index in [0.29, 0.717) is 36.2 Å². The molecule has 0 bridgehead atoms. The molecule has 4 aliphatic rings. The summed E-state index contributed by atoms with van der Waals surface area (Å²) in [7, 11) is 0. The van der Waals surface area contributed by atoms with E-state index in [9.17, 15) is 14.9 Å². The maximum atomic E-state index is 14.4. The van der Waals surface area contributed by atoms with E-state index in [-0.39, 0.29) is 23.1 Å². The molecule has 1 spiro atoms. The number of nitrogens with zero attached hydrogens (tertiary/aromatic N) is 2. The highest BCUT2D eigenvalue weighted by Gasteiger charge is 2.64. The van der Waals surface area contributed by atoms with Gasteiger partial charge in [0, 0.05) is 24.0 Å². The van der Waals surface area contributed by atoms with Crippen LogP contribution in [0.15, 0.2) is 41.0 Å². The van der Waals surface area contributed by atoms with E-state index < -0.39 is 11.0 Å². The van der Waals surface area contributed by atoms with Crippen molar-refractivity contribution in [1.29, 1.82) is 5.26 Å². The molecule has 2 N–H and O–H groups in total. The van der Waals surface area contributed by atoms with Crippen molar-refractivity contribution < 1.29 is 14.3 Å². The number of nitrogens with two attached hydrogens (primary N) is 1. The number of carbonyl (C=O) groups is 2. The lowest BCUT2D eigenvalue weighted by atomic mass is 9.64. The smallest absolute Gasteiger partial charge is 0.248 e. The first-order valence-electron chi connectivity index (χ1n) is 10.7. The van der Waals surface area contributed by atoms with Gasteiger partial charge in [0.1, 0.15) is 22.8 Å². The highest BCUT2D eigenvalue weighted by atomic mass is 16.5. The van der Waals surface area contributed by atoms with Crippen LogP contribution in [0.1, 0.15) is 63.6 Å². The summed E-state index contributed by atoms with van der Waals surface area (Å²) in [5, 5.41) is 10.2. The second kappa shape index (κ2) is 6.10. The number of carbonyl (C=O) groups excluding carboxylic acids is 2. The van der Waals surface area contributed by atoms with E-state index in [1.54, 1.807) is 4.90 Å². The van der Waals surface area contributed by atoms with Crippen molar-refractivity contribution in [3.8, 4) is 6.07 Å². The van der Waals surface area contributed by atoms with Gasteiger partial charge in [-0.05, 0) is 50.8 Å². The minimum absolute atomic E-state index is 0.0183. The van der Waals surface area contributed by atoms with Gasteiger partial charge in [0.15, 0.2) is 5.78 Å². The number of nitriles is 1. The molecule has 1 amide bonds. The monoisotopic (exact) mass is 415 g/mol. The van der Waals surface area contributed by atoms with Gasteiger partial charge in [-0.3, -0.25) is 9.59 Å². The molecule has 1 aliphatic carbocycles. The van der Waals surface area contributed by atoms with Gasteiger partial charge in [-0.25, -0.2) is 0 Å². The van der Waals surface area contributed by atoms with E-state index in [2.05, 4.69) is 25.1 Å². The van der Waals surface area contributed by atoms with Crippen LogP contribution in [0.3, 0.4) is 0 Å². The molecule has 3 aliphatic heterocycles. The molecule has 0 aromatic heterocycles. The normalized spacial score (nSPS) is 25.9. The number of benzene rings is 1. The molecule has 0 radical (unpaired) electrons. The van der Waals surface area contributed by atoms with E-state index >= 15 is 0 Å². The topological polar surface area (TPSA) is 96.4 Å². The van der Waals surface area contributed by atoms with Crippen LogP contribution < -0.4 is 10.6 Å². The van der Waals surface area contributed by atoms with E-state index in [4.69, 9.17) is 10.5 Å². The Labute approximate surface area is 181 Å². The van der Waals surface area contributed by atoms with Gasteiger partial charge in [-0.2, -0.15) is 5.26 Å². The number of Topliss-reactive ketones (excluding diaryl/α,β-unsaturated/α-hetero) is 1. The molecular weight excluding hydrogens is 390 g/mol. The Kier molecular flexibility index (Phi) is 3.86. The van der Waals surface area contributed by atoms with Crippen molar-refractivity contribution in [2.45, 2.75) is 64.3 Å². The van der Waals surface area contributed by atoms with E-state index in [0.717, 1.165) is 28.8 Å². The Bertz CT molecular complexity index is 1230. The highest BCUT2D eigenvalue weighted by Crippen LogP contribution is 2.60. The number of ketones is 1. The molecule has 1 aromatic rings. The third-order valence-corrected chi connectivity index (χ3v) is 7.01. The lowest BCUT2D eigenvalue weighted by molar-refractivity contribution is -0.125. The summed E-state index contributed by atoms with van der Waals surface area (Å²) in [6.07, 6.45) is 4.32. The molecule has 5 rings (SSSR count). The van der Waals surface area contributed by atoms with Gasteiger partial charge < -0.3 is 15.4 Å². The van der Waals surface area contributed by atoms with Gasteiger partial charge in [-0.1, -0.05) is 19.1 Å². The fraction of sp³-hybridized carbons (Fsp3) is 0.400. The van der Waals surface area contributed by atoms with Crippen LogP contribution in [0.2, 0.25) is 0 Å². The Hall–Kier alpha value is -3.33. The number of ether oxygens (including phenoxy) is 1. The van der Waals surface area contributed by atoms with Crippen LogP contribution in [-0.4, -0.2) is 17.2 Å². The standard InChI is InChI=1S/C25H25N3O3/c1-5-14-9-15-13(2)11-24(3,4)28-21(15)16(10-14)25(23(28)30)17(12-26)22(27)31-19-8-6-7-18(29)20(19)25/h9-11H,5-8,27H2,1-4H3. The molecule has 1 atom stereocenters. The molecule has 6 heteroatoms. The predicted molar refractivity (Wildman–Crippen MR) is 117 cm³/mol. The molecule has 6 nitrogen and oxygen atoms in total. The molecule has 0 saturated carbocycles. The minimum atomic E-state index is -1.55. The minimum Gasteiger partial charge on any atom is -0.444 e. The summed E-state index contributed by atoms with van der Waals surface area (Å²) in [6.45, 7) is 8.05. The number of allylic oxidation sites excluding steroid dienone is 2. The fourth-order valence-corrected chi connectivity index (χ4v) is 5.78. The summed E-state index contributed by atoms with van der Waals surface area (Å²) in [6, 6.07) is 6.24. The Balaban J connectivity index is 1.98. The van der Waals surface area contributed by atoms with Gasteiger partial charge in [0.2, 0.25) is 11.8 Å². The number of anilines is 1. The summed E-state index contributed by atoms with van der Waals surface area (Å²) in [5.74, 6) is -0.0921. The average Bonchev–Trinajstić information content (AvgIpc) is 2.96. The second-order valence-electron chi connectivity index (χ2n) is 9.29. The van der Waals surface area contributed by atoms with Gasteiger partial charge >= 0.3 is 0 Å². The third-order valence-electron chi connectivity index (χ3n) is 7.01. The zero-order valence-electron chi connectivity index (χ0n) is 18.3. The maximum Gasteiger partial charge on any atom is 0.248 e. The van der Waals surface area contributed by atoms with Crippen molar-refractivity contribution in [2.24, 2.45) is 5.73 Å². The molecule has 158 valence electrons. The van der Waals surface area contributed by atoms with Crippen LogP contribution in [0.5, 0.6) is 0 Å². The van der Waals surface area contributed by atoms with Crippen molar-refractivity contribution in [3.05, 3.63) is 57.7 Å². The number of rotatable bonds is 1. The molecule has 0 fully saturated rings. The molecule has 1 aromatic carbocycles. The number of hydrogen-bond donors (Lipinski definition) is 1. The first-order valence-corrected chi connectivity index (χ1v) is 10.7. The number of hydrogen-bond acceptors (Lipinski definition) is 5. The summed E-state index contributed by atoms with van der Waals surface area (Å²) in [4.78, 5) is 29.5. The third kappa shape index (κ3) is 2.21. The fourth-order valence-electron chi connectivity index (χ4n) is 5.78. The largest absolute Gasteiger partial charge is 0.444 e. The summed E-state index contributed by atoms with van der Waals surface area (Å²) < 4.78 is 5.77. The van der Waals surface area contributed by atoms with Crippen molar-refractivity contribution in [2.75, 3.05) is 4.90 Å². The average molecular weight is 415 g/mol. The van der Waals surface area contributed by atoms with Crippen molar-refractivity contribution in [3.63, 3.8) is 0 Å². The van der Waals surface area contributed by atoms with E-state index in [1.165, 1.54) is 0 Å². The zero-order chi connectivity index (χ0) is 22.3. The Morgan fingerprint density at radius 2 is 2.00 bits per heavy atom. The van der Waals surface area contributed by atoms with Gasteiger partial charge in [-0.15, -0.1) is 0 Å². The summed E-state index contributed by atoms with van der Waals surface area (Å²) in [5.41, 5.74) is 8.92. The van der Waals surface area contributed by atoms with Crippen LogP contribution in [0.4, 0.5) is 5.69 Å². The Morgan fingerprint density at radius 1 is 1.26 bits per heavy atom.